The average molecular weight is 226 g/mol. The van der Waals surface area contributed by atoms with Gasteiger partial charge < -0.3 is 35.7 Å². The molecule has 0 radical (unpaired) electrons. The van der Waals surface area contributed by atoms with Crippen molar-refractivity contribution < 1.29 is 40.5 Å². The van der Waals surface area contributed by atoms with Crippen molar-refractivity contribution in [3.63, 3.8) is 0 Å². The van der Waals surface area contributed by atoms with Crippen molar-refractivity contribution in [3.8, 4) is 0 Å². The zero-order valence-corrected chi connectivity index (χ0v) is 7.63. The zero-order valence-electron chi connectivity index (χ0n) is 7.63. The molecule has 8 heteroatoms. The Labute approximate surface area is 84.7 Å². The van der Waals surface area contributed by atoms with Gasteiger partial charge >= 0.3 is 5.97 Å². The highest BCUT2D eigenvalue weighted by Gasteiger charge is 2.36. The summed E-state index contributed by atoms with van der Waals surface area (Å²) >= 11 is 0. The summed E-state index contributed by atoms with van der Waals surface area (Å²) in [6.45, 7) is -0.881. The van der Waals surface area contributed by atoms with Crippen LogP contribution in [0.4, 0.5) is 0 Å². The van der Waals surface area contributed by atoms with Crippen molar-refractivity contribution in [2.24, 2.45) is 0 Å². The molecule has 0 amide bonds. The Balaban J connectivity index is 4.42. The Bertz CT molecular complexity index is 207. The highest BCUT2D eigenvalue weighted by Crippen LogP contribution is 2.08. The molecule has 5 atom stereocenters. The van der Waals surface area contributed by atoms with E-state index in [2.05, 4.69) is 0 Å². The predicted octanol–water partition coefficient (Wildman–Crippen LogP) is -4.13. The van der Waals surface area contributed by atoms with E-state index >= 15 is 0 Å². The smallest absolute Gasteiger partial charge is 0.335 e. The minimum atomic E-state index is -2.29. The molecule has 15 heavy (non-hydrogen) atoms. The first kappa shape index (κ1) is 14.2. The van der Waals surface area contributed by atoms with E-state index < -0.39 is 43.1 Å². The number of aliphatic hydroxyl groups is 6. The van der Waals surface area contributed by atoms with Gasteiger partial charge in [0.15, 0.2) is 6.10 Å². The molecule has 0 bridgehead atoms. The van der Waals surface area contributed by atoms with Crippen molar-refractivity contribution in [2.75, 3.05) is 6.61 Å². The van der Waals surface area contributed by atoms with Gasteiger partial charge in [-0.3, -0.25) is 0 Å². The Morgan fingerprint density at radius 2 is 1.40 bits per heavy atom. The normalized spacial score (nSPS) is 21.5. The predicted molar refractivity (Wildman–Crippen MR) is 44.8 cm³/mol. The van der Waals surface area contributed by atoms with Crippen LogP contribution in [-0.2, 0) is 4.79 Å². The first-order valence-electron chi connectivity index (χ1n) is 4.07. The van der Waals surface area contributed by atoms with E-state index in [1.54, 1.807) is 0 Å². The van der Waals surface area contributed by atoms with Crippen molar-refractivity contribution in [2.45, 2.75) is 30.5 Å². The number of hydrogen-bond acceptors (Lipinski definition) is 7. The van der Waals surface area contributed by atoms with Gasteiger partial charge in [-0.1, -0.05) is 0 Å². The van der Waals surface area contributed by atoms with E-state index in [-0.39, 0.29) is 0 Å². The number of hydrogen-bond donors (Lipinski definition) is 7. The third kappa shape index (κ3) is 3.70. The van der Waals surface area contributed by atoms with Crippen LogP contribution in [-0.4, -0.2) is 78.8 Å². The molecule has 0 aliphatic rings. The largest absolute Gasteiger partial charge is 0.479 e. The lowest BCUT2D eigenvalue weighted by molar-refractivity contribution is -0.169. The van der Waals surface area contributed by atoms with Crippen LogP contribution in [0, 0.1) is 0 Å². The summed E-state index contributed by atoms with van der Waals surface area (Å²) in [5.74, 6) is -1.78. The van der Waals surface area contributed by atoms with Gasteiger partial charge in [-0.2, -0.15) is 0 Å². The maximum absolute atomic E-state index is 10.2. The molecule has 8 nitrogen and oxygen atoms in total. The summed E-state index contributed by atoms with van der Waals surface area (Å²) in [4.78, 5) is 10.2. The fraction of sp³-hybridized carbons (Fsp3) is 0.857. The second kappa shape index (κ2) is 5.95. The second-order valence-electron chi connectivity index (χ2n) is 3.00. The molecule has 0 unspecified atom stereocenters. The molecule has 7 N–H and O–H groups in total. The molecule has 0 saturated carbocycles. The average Bonchev–Trinajstić information content (AvgIpc) is 2.23. The number of rotatable bonds is 6. The van der Waals surface area contributed by atoms with Gasteiger partial charge in [-0.15, -0.1) is 0 Å². The minimum absolute atomic E-state index is 0.881. The maximum Gasteiger partial charge on any atom is 0.335 e. The molecule has 0 aliphatic carbocycles. The van der Waals surface area contributed by atoms with Crippen LogP contribution < -0.4 is 0 Å². The third-order valence-electron chi connectivity index (χ3n) is 1.86. The van der Waals surface area contributed by atoms with Crippen molar-refractivity contribution in [1.29, 1.82) is 0 Å². The number of carbonyl (C=O) groups is 1. The van der Waals surface area contributed by atoms with E-state index in [1.807, 2.05) is 0 Å². The monoisotopic (exact) mass is 226 g/mol. The van der Waals surface area contributed by atoms with Gasteiger partial charge in [0.2, 0.25) is 0 Å². The quantitative estimate of drug-likeness (QED) is 0.240. The standard InChI is InChI=1S/C7H14O8/c8-1-2(9)3(10)4(11)5(12)6(13)7(14)15/h2-6,8-13H,1H2,(H,14,15)/t2-,3+,4+,5-,6-/m0/s1. The number of carboxylic acid groups (broad SMARTS) is 1. The first-order chi connectivity index (χ1) is 6.82. The maximum atomic E-state index is 10.2. The van der Waals surface area contributed by atoms with E-state index in [9.17, 15) is 4.79 Å². The topological polar surface area (TPSA) is 159 Å². The van der Waals surface area contributed by atoms with Crippen LogP contribution in [0.1, 0.15) is 0 Å². The molecule has 90 valence electrons. The summed E-state index contributed by atoms with van der Waals surface area (Å²) in [6.07, 6.45) is -10.2. The Kier molecular flexibility index (Phi) is 5.65. The van der Waals surface area contributed by atoms with Gasteiger partial charge in [0.25, 0.3) is 0 Å². The molecule has 0 aromatic carbocycles. The first-order valence-corrected chi connectivity index (χ1v) is 4.07. The lowest BCUT2D eigenvalue weighted by Crippen LogP contribution is -2.51. The molecule has 0 saturated heterocycles. The summed E-state index contributed by atoms with van der Waals surface area (Å²) in [5, 5.41) is 61.5. The van der Waals surface area contributed by atoms with E-state index in [1.165, 1.54) is 0 Å². The Morgan fingerprint density at radius 3 is 1.73 bits per heavy atom. The van der Waals surface area contributed by atoms with Gasteiger partial charge in [-0.25, -0.2) is 4.79 Å². The van der Waals surface area contributed by atoms with Crippen LogP contribution >= 0.6 is 0 Å². The lowest BCUT2D eigenvalue weighted by Gasteiger charge is -2.26. The van der Waals surface area contributed by atoms with Crippen molar-refractivity contribution in [3.05, 3.63) is 0 Å². The third-order valence-corrected chi connectivity index (χ3v) is 1.86. The molecule has 0 aliphatic heterocycles. The van der Waals surface area contributed by atoms with E-state index in [0.29, 0.717) is 0 Å². The number of aliphatic carboxylic acids is 1. The van der Waals surface area contributed by atoms with Crippen LogP contribution in [0.25, 0.3) is 0 Å². The summed E-state index contributed by atoms with van der Waals surface area (Å²) < 4.78 is 0. The van der Waals surface area contributed by atoms with Crippen LogP contribution in [0.5, 0.6) is 0 Å². The molecule has 0 aromatic heterocycles. The molecule has 0 fully saturated rings. The minimum Gasteiger partial charge on any atom is -0.479 e. The molecule has 0 aromatic rings. The number of aliphatic hydroxyl groups excluding tert-OH is 6. The highest BCUT2D eigenvalue weighted by atomic mass is 16.4. The van der Waals surface area contributed by atoms with E-state index in [4.69, 9.17) is 35.7 Å². The van der Waals surface area contributed by atoms with Crippen LogP contribution in [0.15, 0.2) is 0 Å². The molecular weight excluding hydrogens is 212 g/mol. The van der Waals surface area contributed by atoms with Gasteiger partial charge in [-0.05, 0) is 0 Å². The molecule has 0 spiro atoms. The van der Waals surface area contributed by atoms with Gasteiger partial charge in [0, 0.05) is 0 Å². The van der Waals surface area contributed by atoms with Gasteiger partial charge in [0.05, 0.1) is 6.61 Å². The fourth-order valence-electron chi connectivity index (χ4n) is 0.870. The van der Waals surface area contributed by atoms with E-state index in [0.717, 1.165) is 0 Å². The van der Waals surface area contributed by atoms with Crippen molar-refractivity contribution >= 4 is 5.97 Å². The number of carboxylic acids is 1. The zero-order chi connectivity index (χ0) is 12.2. The van der Waals surface area contributed by atoms with Gasteiger partial charge in [0.1, 0.15) is 24.4 Å². The Hall–Kier alpha value is -0.770. The van der Waals surface area contributed by atoms with Crippen LogP contribution in [0.2, 0.25) is 0 Å². The summed E-state index contributed by atoms with van der Waals surface area (Å²) in [7, 11) is 0. The SMILES string of the molecule is O=C(O)[C@@H](O)[C@@H](O)[C@H](O)[C@H](O)[C@@H](O)CO. The second-order valence-corrected chi connectivity index (χ2v) is 3.00. The summed E-state index contributed by atoms with van der Waals surface area (Å²) in [6, 6.07) is 0. The molecular formula is C7H14O8. The highest BCUT2D eigenvalue weighted by molar-refractivity contribution is 5.72. The van der Waals surface area contributed by atoms with Crippen LogP contribution in [0.3, 0.4) is 0 Å². The summed E-state index contributed by atoms with van der Waals surface area (Å²) in [5.41, 5.74) is 0. The van der Waals surface area contributed by atoms with Crippen molar-refractivity contribution in [1.82, 2.24) is 0 Å². The lowest BCUT2D eigenvalue weighted by atomic mass is 9.99. The Morgan fingerprint density at radius 1 is 0.933 bits per heavy atom. The molecule has 0 heterocycles. The fourth-order valence-corrected chi connectivity index (χ4v) is 0.870. The molecule has 0 rings (SSSR count).